The Morgan fingerprint density at radius 2 is 1.86 bits per heavy atom. The van der Waals surface area contributed by atoms with E-state index in [0.29, 0.717) is 12.1 Å². The molecule has 118 valence electrons. The zero-order chi connectivity index (χ0) is 15.4. The highest BCUT2D eigenvalue weighted by Crippen LogP contribution is 2.35. The van der Waals surface area contributed by atoms with Gasteiger partial charge in [-0.2, -0.15) is 0 Å². The Labute approximate surface area is 134 Å². The third-order valence-corrected chi connectivity index (χ3v) is 4.47. The summed E-state index contributed by atoms with van der Waals surface area (Å²) in [6.45, 7) is 9.73. The first kappa shape index (κ1) is 16.6. The summed E-state index contributed by atoms with van der Waals surface area (Å²) in [6, 6.07) is 6.47. The first-order valence-corrected chi connectivity index (χ1v) is 8.51. The lowest BCUT2D eigenvalue weighted by Crippen LogP contribution is -2.29. The largest absolute Gasteiger partial charge is 0.489 e. The summed E-state index contributed by atoms with van der Waals surface area (Å²) in [4.78, 5) is 0. The highest BCUT2D eigenvalue weighted by Gasteiger charge is 2.26. The van der Waals surface area contributed by atoms with Gasteiger partial charge in [-0.3, -0.25) is 0 Å². The quantitative estimate of drug-likeness (QED) is 0.822. The van der Waals surface area contributed by atoms with Crippen LogP contribution in [0.25, 0.3) is 0 Å². The molecule has 0 radical (unpaired) electrons. The van der Waals surface area contributed by atoms with Crippen molar-refractivity contribution in [2.24, 2.45) is 11.8 Å². The van der Waals surface area contributed by atoms with Gasteiger partial charge in [0.05, 0.1) is 11.1 Å². The van der Waals surface area contributed by atoms with Crippen molar-refractivity contribution in [1.29, 1.82) is 0 Å². The molecular formula is C18H28ClNO. The van der Waals surface area contributed by atoms with E-state index in [-0.39, 0.29) is 0 Å². The molecule has 0 amide bonds. The fourth-order valence-corrected chi connectivity index (χ4v) is 3.51. The maximum absolute atomic E-state index is 6.38. The monoisotopic (exact) mass is 309 g/mol. The van der Waals surface area contributed by atoms with Gasteiger partial charge in [-0.25, -0.2) is 0 Å². The van der Waals surface area contributed by atoms with Gasteiger partial charge in [-0.1, -0.05) is 51.4 Å². The summed E-state index contributed by atoms with van der Waals surface area (Å²) < 4.78 is 6.32. The second-order valence-electron chi connectivity index (χ2n) is 6.92. The van der Waals surface area contributed by atoms with Crippen LogP contribution in [0, 0.1) is 11.8 Å². The molecule has 1 saturated carbocycles. The molecule has 1 aliphatic rings. The van der Waals surface area contributed by atoms with Crippen molar-refractivity contribution in [2.45, 2.75) is 65.6 Å². The fraction of sp³-hybridized carbons (Fsp3) is 0.667. The number of para-hydroxylation sites is 1. The van der Waals surface area contributed by atoms with Gasteiger partial charge >= 0.3 is 0 Å². The number of nitrogens with one attached hydrogen (secondary N) is 1. The van der Waals surface area contributed by atoms with E-state index >= 15 is 0 Å². The Balaban J connectivity index is 2.10. The maximum Gasteiger partial charge on any atom is 0.142 e. The molecule has 0 heterocycles. The minimum Gasteiger partial charge on any atom is -0.489 e. The minimum atomic E-state index is 0.293. The number of hydrogen-bond donors (Lipinski definition) is 1. The molecule has 0 spiro atoms. The number of rotatable bonds is 5. The Hall–Kier alpha value is -0.730. The third kappa shape index (κ3) is 4.89. The molecule has 2 rings (SSSR count). The Morgan fingerprint density at radius 3 is 2.48 bits per heavy atom. The van der Waals surface area contributed by atoms with Crippen molar-refractivity contribution >= 4 is 11.6 Å². The maximum atomic E-state index is 6.38. The number of benzene rings is 1. The van der Waals surface area contributed by atoms with Gasteiger partial charge in [0.2, 0.25) is 0 Å². The summed E-state index contributed by atoms with van der Waals surface area (Å²) in [5, 5.41) is 4.17. The van der Waals surface area contributed by atoms with Gasteiger partial charge in [-0.05, 0) is 37.2 Å². The normalized spacial score (nSPS) is 26.1. The first-order valence-electron chi connectivity index (χ1n) is 8.13. The average Bonchev–Trinajstić information content (AvgIpc) is 2.38. The molecule has 0 saturated heterocycles. The van der Waals surface area contributed by atoms with E-state index < -0.39 is 0 Å². The predicted molar refractivity (Wildman–Crippen MR) is 90.0 cm³/mol. The van der Waals surface area contributed by atoms with E-state index in [4.69, 9.17) is 16.3 Å². The van der Waals surface area contributed by atoms with E-state index in [1.165, 1.54) is 6.42 Å². The number of halogens is 1. The van der Waals surface area contributed by atoms with Gasteiger partial charge in [0.1, 0.15) is 5.75 Å². The zero-order valence-electron chi connectivity index (χ0n) is 13.7. The lowest BCUT2D eigenvalue weighted by Gasteiger charge is -2.32. The lowest BCUT2D eigenvalue weighted by atomic mass is 9.82. The average molecular weight is 310 g/mol. The van der Waals surface area contributed by atoms with Crippen molar-refractivity contribution in [3.8, 4) is 5.75 Å². The van der Waals surface area contributed by atoms with Gasteiger partial charge in [-0.15, -0.1) is 0 Å². The van der Waals surface area contributed by atoms with Crippen molar-refractivity contribution in [3.05, 3.63) is 28.8 Å². The van der Waals surface area contributed by atoms with Gasteiger partial charge in [0, 0.05) is 18.2 Å². The molecule has 1 aromatic rings. The standard InChI is InChI=1S/C18H28ClNO/c1-12(2)20-11-15-6-5-7-17(19)18(15)21-16-9-13(3)8-14(4)10-16/h5-7,12-14,16,20H,8-11H2,1-4H3. The summed E-state index contributed by atoms with van der Waals surface area (Å²) >= 11 is 6.38. The van der Waals surface area contributed by atoms with E-state index in [9.17, 15) is 0 Å². The zero-order valence-corrected chi connectivity index (χ0v) is 14.4. The first-order chi connectivity index (χ1) is 9.95. The van der Waals surface area contributed by atoms with E-state index in [1.807, 2.05) is 12.1 Å². The highest BCUT2D eigenvalue weighted by atomic mass is 35.5. The molecule has 0 aliphatic heterocycles. The molecule has 1 N–H and O–H groups in total. The summed E-state index contributed by atoms with van der Waals surface area (Å²) in [5.41, 5.74) is 1.15. The van der Waals surface area contributed by atoms with Crippen LogP contribution in [-0.2, 0) is 6.54 Å². The van der Waals surface area contributed by atoms with Gasteiger partial charge in [0.25, 0.3) is 0 Å². The lowest BCUT2D eigenvalue weighted by molar-refractivity contribution is 0.1000. The SMILES string of the molecule is CC1CC(C)CC(Oc2c(Cl)cccc2CNC(C)C)C1. The minimum absolute atomic E-state index is 0.293. The van der Waals surface area contributed by atoms with Crippen LogP contribution in [0.1, 0.15) is 52.5 Å². The summed E-state index contributed by atoms with van der Waals surface area (Å²) in [5.74, 6) is 2.34. The Kier molecular flexibility index (Phi) is 5.95. The van der Waals surface area contributed by atoms with E-state index in [2.05, 4.69) is 39.1 Å². The second kappa shape index (κ2) is 7.51. The van der Waals surface area contributed by atoms with Crippen molar-refractivity contribution in [1.82, 2.24) is 5.32 Å². The molecule has 2 atom stereocenters. The van der Waals surface area contributed by atoms with Gasteiger partial charge in [0.15, 0.2) is 0 Å². The van der Waals surface area contributed by atoms with Crippen molar-refractivity contribution in [3.63, 3.8) is 0 Å². The van der Waals surface area contributed by atoms with Crippen LogP contribution in [0.4, 0.5) is 0 Å². The van der Waals surface area contributed by atoms with E-state index in [1.54, 1.807) is 0 Å². The van der Waals surface area contributed by atoms with Gasteiger partial charge < -0.3 is 10.1 Å². The van der Waals surface area contributed by atoms with Crippen LogP contribution in [0.15, 0.2) is 18.2 Å². The number of ether oxygens (including phenoxy) is 1. The molecule has 2 nitrogen and oxygen atoms in total. The molecular weight excluding hydrogens is 282 g/mol. The topological polar surface area (TPSA) is 21.3 Å². The summed E-state index contributed by atoms with van der Waals surface area (Å²) in [6.07, 6.45) is 3.87. The Bertz CT molecular complexity index is 451. The number of hydrogen-bond acceptors (Lipinski definition) is 2. The van der Waals surface area contributed by atoms with Crippen LogP contribution in [0.2, 0.25) is 5.02 Å². The summed E-state index contributed by atoms with van der Waals surface area (Å²) in [7, 11) is 0. The molecule has 2 unspecified atom stereocenters. The molecule has 21 heavy (non-hydrogen) atoms. The van der Waals surface area contributed by atoms with Crippen molar-refractivity contribution < 1.29 is 4.74 Å². The smallest absolute Gasteiger partial charge is 0.142 e. The third-order valence-electron chi connectivity index (χ3n) is 4.17. The Morgan fingerprint density at radius 1 is 1.19 bits per heavy atom. The second-order valence-corrected chi connectivity index (χ2v) is 7.33. The van der Waals surface area contributed by atoms with E-state index in [0.717, 1.165) is 47.6 Å². The van der Waals surface area contributed by atoms with Crippen LogP contribution in [0.5, 0.6) is 5.75 Å². The molecule has 1 aliphatic carbocycles. The molecule has 1 aromatic carbocycles. The molecule has 0 aromatic heterocycles. The van der Waals surface area contributed by atoms with Crippen molar-refractivity contribution in [2.75, 3.05) is 0 Å². The van der Waals surface area contributed by atoms with Crippen LogP contribution in [0.3, 0.4) is 0 Å². The van der Waals surface area contributed by atoms with Crippen LogP contribution in [-0.4, -0.2) is 12.1 Å². The fourth-order valence-electron chi connectivity index (χ4n) is 3.27. The highest BCUT2D eigenvalue weighted by molar-refractivity contribution is 6.32. The molecule has 1 fully saturated rings. The van der Waals surface area contributed by atoms with Crippen LogP contribution < -0.4 is 10.1 Å². The van der Waals surface area contributed by atoms with Crippen LogP contribution >= 0.6 is 11.6 Å². The predicted octanol–water partition coefficient (Wildman–Crippen LogP) is 5.04. The molecule has 0 bridgehead atoms. The molecule has 3 heteroatoms.